The maximum atomic E-state index is 13.1. The molecule has 0 radical (unpaired) electrons. The lowest BCUT2D eigenvalue weighted by molar-refractivity contribution is 0.0964. The van der Waals surface area contributed by atoms with Gasteiger partial charge in [0.15, 0.2) is 0 Å². The quantitative estimate of drug-likeness (QED) is 0.501. The molecule has 1 aromatic heterocycles. The lowest BCUT2D eigenvalue weighted by Gasteiger charge is -2.02. The highest BCUT2D eigenvalue weighted by atomic mass is 19.1. The van der Waals surface area contributed by atoms with E-state index in [9.17, 15) is 14.3 Å². The molecule has 0 fully saturated rings. The summed E-state index contributed by atoms with van der Waals surface area (Å²) in [4.78, 5) is 12.2. The predicted octanol–water partition coefficient (Wildman–Crippen LogP) is 2.89. The van der Waals surface area contributed by atoms with Gasteiger partial charge in [-0.3, -0.25) is 4.79 Å². The lowest BCUT2D eigenvalue weighted by Crippen LogP contribution is -2.18. The summed E-state index contributed by atoms with van der Waals surface area (Å²) < 4.78 is 18.8. The molecule has 0 aliphatic heterocycles. The van der Waals surface area contributed by atoms with Crippen LogP contribution in [0.4, 0.5) is 10.1 Å². The number of nitrogens with one attached hydrogen (secondary N) is 1. The number of halogens is 1. The highest BCUT2D eigenvalue weighted by Crippen LogP contribution is 2.37. The molecule has 0 spiro atoms. The number of hydrogen-bond acceptors (Lipinski definition) is 4. The van der Waals surface area contributed by atoms with Gasteiger partial charge in [0.1, 0.15) is 22.9 Å². The van der Waals surface area contributed by atoms with E-state index in [1.54, 1.807) is 0 Å². The zero-order valence-electron chi connectivity index (χ0n) is 11.7. The van der Waals surface area contributed by atoms with Crippen LogP contribution in [-0.2, 0) is 0 Å². The average molecular weight is 300 g/mol. The molecule has 112 valence electrons. The zero-order chi connectivity index (χ0) is 15.9. The molecule has 0 aliphatic rings. The minimum Gasteiger partial charge on any atom is -0.506 e. The molecule has 1 amide bonds. The van der Waals surface area contributed by atoms with E-state index in [4.69, 9.17) is 10.2 Å². The Balaban J connectivity index is 2.33. The fraction of sp³-hybridized carbons (Fsp3) is 0.0625. The Morgan fingerprint density at radius 1 is 1.27 bits per heavy atom. The first-order valence-electron chi connectivity index (χ1n) is 6.54. The Hall–Kier alpha value is -3.02. The van der Waals surface area contributed by atoms with Crippen molar-refractivity contribution in [2.45, 2.75) is 0 Å². The number of furan rings is 1. The van der Waals surface area contributed by atoms with Crippen LogP contribution in [0.1, 0.15) is 10.4 Å². The molecule has 3 rings (SSSR count). The topological polar surface area (TPSA) is 88.5 Å². The van der Waals surface area contributed by atoms with Crippen molar-refractivity contribution < 1.29 is 18.7 Å². The molecule has 6 heteroatoms. The standard InChI is InChI=1S/C16H13FN2O3/c1-19-16(21)14-10-6-12(20)11(18)7-13(10)22-15(14)8-2-4-9(17)5-3-8/h2-7,20H,18H2,1H3,(H,19,21). The van der Waals surface area contributed by atoms with Crippen molar-refractivity contribution in [2.75, 3.05) is 12.8 Å². The number of amides is 1. The van der Waals surface area contributed by atoms with Crippen LogP contribution >= 0.6 is 0 Å². The van der Waals surface area contributed by atoms with E-state index >= 15 is 0 Å². The molecule has 2 aromatic carbocycles. The SMILES string of the molecule is CNC(=O)c1c(-c2ccc(F)cc2)oc2cc(N)c(O)cc12. The Bertz CT molecular complexity index is 869. The third kappa shape index (κ3) is 2.14. The molecule has 5 nitrogen and oxygen atoms in total. The van der Waals surface area contributed by atoms with Crippen molar-refractivity contribution in [3.8, 4) is 17.1 Å². The molecule has 1 heterocycles. The van der Waals surface area contributed by atoms with Gasteiger partial charge in [-0.25, -0.2) is 4.39 Å². The second-order valence-corrected chi connectivity index (χ2v) is 4.80. The summed E-state index contributed by atoms with van der Waals surface area (Å²) in [5, 5.41) is 12.7. The summed E-state index contributed by atoms with van der Waals surface area (Å²) in [6.45, 7) is 0. The van der Waals surface area contributed by atoms with Gasteiger partial charge >= 0.3 is 0 Å². The summed E-state index contributed by atoms with van der Waals surface area (Å²) in [7, 11) is 1.49. The maximum Gasteiger partial charge on any atom is 0.255 e. The van der Waals surface area contributed by atoms with Gasteiger partial charge in [0.2, 0.25) is 0 Å². The molecule has 0 saturated heterocycles. The molecule has 0 saturated carbocycles. The highest BCUT2D eigenvalue weighted by molar-refractivity contribution is 6.11. The first kappa shape index (κ1) is 13.9. The molecule has 3 aromatic rings. The van der Waals surface area contributed by atoms with Crippen molar-refractivity contribution in [3.05, 3.63) is 47.8 Å². The number of benzene rings is 2. The van der Waals surface area contributed by atoms with Gasteiger partial charge in [-0.2, -0.15) is 0 Å². The van der Waals surface area contributed by atoms with Gasteiger partial charge in [0.05, 0.1) is 11.3 Å². The van der Waals surface area contributed by atoms with Crippen LogP contribution in [0.5, 0.6) is 5.75 Å². The van der Waals surface area contributed by atoms with Gasteiger partial charge in [-0.05, 0) is 30.3 Å². The monoisotopic (exact) mass is 300 g/mol. The molecule has 4 N–H and O–H groups in total. The third-order valence-electron chi connectivity index (χ3n) is 3.40. The van der Waals surface area contributed by atoms with E-state index in [2.05, 4.69) is 5.32 Å². The van der Waals surface area contributed by atoms with Gasteiger partial charge in [0, 0.05) is 24.1 Å². The fourth-order valence-corrected chi connectivity index (χ4v) is 2.30. The first-order valence-corrected chi connectivity index (χ1v) is 6.54. The van der Waals surface area contributed by atoms with Gasteiger partial charge in [-0.1, -0.05) is 0 Å². The van der Waals surface area contributed by atoms with Crippen LogP contribution < -0.4 is 11.1 Å². The van der Waals surface area contributed by atoms with Crippen LogP contribution in [0.2, 0.25) is 0 Å². The molecular weight excluding hydrogens is 287 g/mol. The van der Waals surface area contributed by atoms with Crippen molar-refractivity contribution >= 4 is 22.6 Å². The number of hydrogen-bond donors (Lipinski definition) is 3. The highest BCUT2D eigenvalue weighted by Gasteiger charge is 2.22. The van der Waals surface area contributed by atoms with Gasteiger partial charge < -0.3 is 20.6 Å². The van der Waals surface area contributed by atoms with E-state index in [0.717, 1.165) is 0 Å². The predicted molar refractivity (Wildman–Crippen MR) is 81.1 cm³/mol. The number of nitrogen functional groups attached to an aromatic ring is 1. The summed E-state index contributed by atoms with van der Waals surface area (Å²) in [6.07, 6.45) is 0. The average Bonchev–Trinajstić information content (AvgIpc) is 2.86. The number of anilines is 1. The first-order chi connectivity index (χ1) is 10.5. The fourth-order valence-electron chi connectivity index (χ4n) is 2.30. The van der Waals surface area contributed by atoms with Gasteiger partial charge in [0.25, 0.3) is 5.91 Å². The van der Waals surface area contributed by atoms with Crippen LogP contribution in [-0.4, -0.2) is 18.1 Å². The maximum absolute atomic E-state index is 13.1. The number of carbonyl (C=O) groups excluding carboxylic acids is 1. The molecule has 0 bridgehead atoms. The largest absolute Gasteiger partial charge is 0.506 e. The van der Waals surface area contributed by atoms with Crippen LogP contribution in [0.3, 0.4) is 0 Å². The second-order valence-electron chi connectivity index (χ2n) is 4.80. The van der Waals surface area contributed by atoms with E-state index in [0.29, 0.717) is 22.3 Å². The summed E-state index contributed by atoms with van der Waals surface area (Å²) >= 11 is 0. The number of phenolic OH excluding ortho intramolecular Hbond substituents is 1. The molecule has 0 atom stereocenters. The zero-order valence-corrected chi connectivity index (χ0v) is 11.7. The minimum atomic E-state index is -0.386. The number of nitrogens with two attached hydrogens (primary N) is 1. The smallest absolute Gasteiger partial charge is 0.255 e. The normalized spacial score (nSPS) is 10.8. The number of phenols is 1. The number of carbonyl (C=O) groups is 1. The molecule has 0 unspecified atom stereocenters. The Morgan fingerprint density at radius 2 is 1.95 bits per heavy atom. The molecule has 22 heavy (non-hydrogen) atoms. The third-order valence-corrected chi connectivity index (χ3v) is 3.40. The summed E-state index contributed by atoms with van der Waals surface area (Å²) in [5.41, 5.74) is 6.98. The van der Waals surface area contributed by atoms with Crippen LogP contribution in [0.25, 0.3) is 22.3 Å². The number of aromatic hydroxyl groups is 1. The summed E-state index contributed by atoms with van der Waals surface area (Å²) in [6, 6.07) is 8.42. The lowest BCUT2D eigenvalue weighted by atomic mass is 10.0. The van der Waals surface area contributed by atoms with E-state index in [-0.39, 0.29) is 28.7 Å². The second kappa shape index (κ2) is 5.07. The van der Waals surface area contributed by atoms with E-state index in [1.807, 2.05) is 0 Å². The minimum absolute atomic E-state index is 0.135. The van der Waals surface area contributed by atoms with Crippen LogP contribution in [0, 0.1) is 5.82 Å². The van der Waals surface area contributed by atoms with Crippen molar-refractivity contribution in [2.24, 2.45) is 0 Å². The Kier molecular flexibility index (Phi) is 3.21. The molecule has 0 aliphatic carbocycles. The summed E-state index contributed by atoms with van der Waals surface area (Å²) in [5.74, 6) is -0.603. The molecular formula is C16H13FN2O3. The number of rotatable bonds is 2. The van der Waals surface area contributed by atoms with Crippen molar-refractivity contribution in [1.82, 2.24) is 5.32 Å². The van der Waals surface area contributed by atoms with Crippen molar-refractivity contribution in [1.29, 1.82) is 0 Å². The number of fused-ring (bicyclic) bond motifs is 1. The van der Waals surface area contributed by atoms with Crippen LogP contribution in [0.15, 0.2) is 40.8 Å². The Labute approximate surface area is 125 Å². The van der Waals surface area contributed by atoms with Crippen molar-refractivity contribution in [3.63, 3.8) is 0 Å². The Morgan fingerprint density at radius 3 is 2.59 bits per heavy atom. The van der Waals surface area contributed by atoms with E-state index < -0.39 is 0 Å². The van der Waals surface area contributed by atoms with Gasteiger partial charge in [-0.15, -0.1) is 0 Å². The van der Waals surface area contributed by atoms with E-state index in [1.165, 1.54) is 43.4 Å².